The van der Waals surface area contributed by atoms with Crippen molar-refractivity contribution < 1.29 is 28.7 Å². The molecule has 52 heavy (non-hydrogen) atoms. The molecule has 2 aromatic heterocycles. The van der Waals surface area contributed by atoms with E-state index in [1.165, 1.54) is 17.3 Å². The van der Waals surface area contributed by atoms with Gasteiger partial charge in [-0.15, -0.1) is 12.4 Å². The summed E-state index contributed by atoms with van der Waals surface area (Å²) in [5.74, 6) is -1.70. The molecule has 12 nitrogen and oxygen atoms in total. The number of hydrogen-bond acceptors (Lipinski definition) is 9. The first-order valence-electron chi connectivity index (χ1n) is 17.8. The molecule has 1 saturated heterocycles. The number of benzene rings is 2. The number of halogens is 1. The van der Waals surface area contributed by atoms with Crippen molar-refractivity contribution >= 4 is 57.8 Å². The first kappa shape index (κ1) is 36.7. The third-order valence-corrected chi connectivity index (χ3v) is 10.1. The molecule has 2 aliphatic heterocycles. The van der Waals surface area contributed by atoms with Crippen LogP contribution in [0.15, 0.2) is 73.1 Å². The number of nitrogens with zero attached hydrogens (tertiary/aromatic N) is 4. The molecule has 13 heteroatoms. The number of para-hydroxylation sites is 1. The fourth-order valence-corrected chi connectivity index (χ4v) is 7.26. The SMILES string of the molecule is CCOC(=O)[C@@]12C[C@H]1/C=C\CCCCC[C@H](NC(=O)c1cnc(C)cn1)C(=O)N1C[C@H](Oc3nc4ccccc4c4ccccc34)C[C@H]1C(=O)N2.Cl. The summed E-state index contributed by atoms with van der Waals surface area (Å²) >= 11 is 0. The number of rotatable bonds is 6. The van der Waals surface area contributed by atoms with Gasteiger partial charge in [-0.25, -0.2) is 14.8 Å². The summed E-state index contributed by atoms with van der Waals surface area (Å²) < 4.78 is 12.0. The lowest BCUT2D eigenvalue weighted by Crippen LogP contribution is -2.56. The Bertz CT molecular complexity index is 2010. The van der Waals surface area contributed by atoms with Crippen molar-refractivity contribution in [1.29, 1.82) is 0 Å². The number of hydrogen-bond donors (Lipinski definition) is 2. The largest absolute Gasteiger partial charge is 0.472 e. The summed E-state index contributed by atoms with van der Waals surface area (Å²) in [7, 11) is 0. The number of carbonyl (C=O) groups is 4. The van der Waals surface area contributed by atoms with Gasteiger partial charge in [0, 0.05) is 29.3 Å². The second-order valence-corrected chi connectivity index (χ2v) is 13.6. The van der Waals surface area contributed by atoms with E-state index in [9.17, 15) is 19.2 Å². The molecule has 2 aromatic carbocycles. The summed E-state index contributed by atoms with van der Waals surface area (Å²) in [6, 6.07) is 13.8. The quantitative estimate of drug-likeness (QED) is 0.159. The first-order valence-corrected chi connectivity index (χ1v) is 17.8. The predicted molar refractivity (Wildman–Crippen MR) is 197 cm³/mol. The van der Waals surface area contributed by atoms with Crippen molar-refractivity contribution in [2.45, 2.75) is 82.5 Å². The molecule has 272 valence electrons. The Hall–Kier alpha value is -5.10. The van der Waals surface area contributed by atoms with Gasteiger partial charge < -0.3 is 25.0 Å². The molecule has 0 radical (unpaired) electrons. The fraction of sp³-hybridized carbons (Fsp3) is 0.410. The number of nitrogens with one attached hydrogen (secondary N) is 2. The number of pyridine rings is 1. The zero-order valence-electron chi connectivity index (χ0n) is 29.2. The predicted octanol–water partition coefficient (Wildman–Crippen LogP) is 5.01. The van der Waals surface area contributed by atoms with Gasteiger partial charge in [-0.1, -0.05) is 61.4 Å². The molecule has 3 amide bonds. The van der Waals surface area contributed by atoms with Crippen molar-refractivity contribution in [2.24, 2.45) is 5.92 Å². The van der Waals surface area contributed by atoms with E-state index in [1.54, 1.807) is 13.8 Å². The molecular formula is C39H43ClN6O6. The Balaban J connectivity index is 0.00000464. The minimum Gasteiger partial charge on any atom is -0.472 e. The minimum atomic E-state index is -1.20. The number of esters is 1. The van der Waals surface area contributed by atoms with Crippen molar-refractivity contribution in [3.05, 3.63) is 84.5 Å². The van der Waals surface area contributed by atoms with Crippen LogP contribution in [0, 0.1) is 12.8 Å². The highest BCUT2D eigenvalue weighted by Gasteiger charge is 2.62. The maximum atomic E-state index is 14.5. The number of ether oxygens (including phenoxy) is 2. The lowest BCUT2D eigenvalue weighted by atomic mass is 10.0. The van der Waals surface area contributed by atoms with Crippen LogP contribution in [0.2, 0.25) is 0 Å². The lowest BCUT2D eigenvalue weighted by molar-refractivity contribution is -0.150. The Morgan fingerprint density at radius 1 is 1.00 bits per heavy atom. The average molecular weight is 727 g/mol. The number of allylic oxidation sites excluding steroid dienone is 1. The van der Waals surface area contributed by atoms with Gasteiger partial charge in [0.15, 0.2) is 0 Å². The van der Waals surface area contributed by atoms with Crippen molar-refractivity contribution in [3.63, 3.8) is 0 Å². The van der Waals surface area contributed by atoms with Gasteiger partial charge in [-0.2, -0.15) is 0 Å². The van der Waals surface area contributed by atoms with Crippen LogP contribution in [0.5, 0.6) is 5.88 Å². The number of amides is 3. The fourth-order valence-electron chi connectivity index (χ4n) is 7.26. The third-order valence-electron chi connectivity index (χ3n) is 10.1. The van der Waals surface area contributed by atoms with E-state index in [0.717, 1.165) is 40.9 Å². The highest BCUT2D eigenvalue weighted by atomic mass is 35.5. The Labute approximate surface area is 308 Å². The maximum absolute atomic E-state index is 14.5. The van der Waals surface area contributed by atoms with Gasteiger partial charge in [-0.05, 0) is 57.0 Å². The smallest absolute Gasteiger partial charge is 0.332 e. The summed E-state index contributed by atoms with van der Waals surface area (Å²) in [5, 5.41) is 8.67. The molecule has 5 atom stereocenters. The number of aromatic nitrogens is 3. The Morgan fingerprint density at radius 2 is 1.77 bits per heavy atom. The zero-order valence-corrected chi connectivity index (χ0v) is 30.1. The van der Waals surface area contributed by atoms with Crippen LogP contribution >= 0.6 is 12.4 Å². The maximum Gasteiger partial charge on any atom is 0.332 e. The van der Waals surface area contributed by atoms with E-state index >= 15 is 0 Å². The highest BCUT2D eigenvalue weighted by Crippen LogP contribution is 2.46. The van der Waals surface area contributed by atoms with Crippen LogP contribution in [-0.2, 0) is 19.1 Å². The van der Waals surface area contributed by atoms with Gasteiger partial charge in [0.1, 0.15) is 29.4 Å². The van der Waals surface area contributed by atoms with Gasteiger partial charge in [0.05, 0.1) is 30.6 Å². The highest BCUT2D eigenvalue weighted by molar-refractivity contribution is 6.07. The molecule has 7 rings (SSSR count). The van der Waals surface area contributed by atoms with Gasteiger partial charge in [-0.3, -0.25) is 19.4 Å². The van der Waals surface area contributed by atoms with Gasteiger partial charge in [0.25, 0.3) is 5.91 Å². The summed E-state index contributed by atoms with van der Waals surface area (Å²) in [6.07, 6.45) is 10.4. The lowest BCUT2D eigenvalue weighted by Gasteiger charge is -2.29. The molecule has 4 aromatic rings. The standard InChI is InChI=1S/C39H42N6O6.ClH/c1-3-50-38(49)39-20-25(39)13-7-5-4-6-8-18-31(42-34(46)32-22-40-24(2)21-41-32)37(48)45-23-26(19-33(45)35(47)44-39)51-36-29-16-10-9-14-27(29)28-15-11-12-17-30(28)43-36;/h7,9-17,21-22,25-26,31,33H,3-6,8,18-20,23H2,1-2H3,(H,42,46)(H,44,47);1H/b13-7-;/t25-,26-,31+,33+,39-;/m1./s1. The zero-order chi connectivity index (χ0) is 35.5. The van der Waals surface area contributed by atoms with Crippen molar-refractivity contribution in [3.8, 4) is 5.88 Å². The van der Waals surface area contributed by atoms with Crippen LogP contribution < -0.4 is 15.4 Å². The summed E-state index contributed by atoms with van der Waals surface area (Å²) in [6.45, 7) is 3.76. The van der Waals surface area contributed by atoms with Crippen LogP contribution in [0.3, 0.4) is 0 Å². The molecular weight excluding hydrogens is 684 g/mol. The molecule has 0 bridgehead atoms. The Kier molecular flexibility index (Phi) is 11.0. The van der Waals surface area contributed by atoms with Crippen LogP contribution in [-0.4, -0.2) is 80.4 Å². The third kappa shape index (κ3) is 7.43. The van der Waals surface area contributed by atoms with Crippen LogP contribution in [0.1, 0.15) is 68.1 Å². The number of carbonyl (C=O) groups excluding carboxylic acids is 4. The van der Waals surface area contributed by atoms with Gasteiger partial charge >= 0.3 is 5.97 Å². The van der Waals surface area contributed by atoms with E-state index < -0.39 is 47.4 Å². The van der Waals surface area contributed by atoms with Gasteiger partial charge in [0.2, 0.25) is 17.7 Å². The summed E-state index contributed by atoms with van der Waals surface area (Å²) in [4.78, 5) is 70.2. The molecule has 2 fully saturated rings. The molecule has 1 saturated carbocycles. The topological polar surface area (TPSA) is 153 Å². The molecule has 3 aliphatic rings. The molecule has 2 N–H and O–H groups in total. The van der Waals surface area contributed by atoms with Crippen molar-refractivity contribution in [1.82, 2.24) is 30.5 Å². The van der Waals surface area contributed by atoms with Crippen LogP contribution in [0.25, 0.3) is 21.7 Å². The Morgan fingerprint density at radius 3 is 2.54 bits per heavy atom. The second-order valence-electron chi connectivity index (χ2n) is 13.6. The van der Waals surface area contributed by atoms with E-state index in [2.05, 4.69) is 20.6 Å². The monoisotopic (exact) mass is 726 g/mol. The van der Waals surface area contributed by atoms with E-state index in [0.29, 0.717) is 30.8 Å². The van der Waals surface area contributed by atoms with E-state index in [1.807, 2.05) is 60.7 Å². The molecule has 0 spiro atoms. The van der Waals surface area contributed by atoms with Crippen LogP contribution in [0.4, 0.5) is 0 Å². The average Bonchev–Trinajstić information content (AvgIpc) is 3.67. The number of fused-ring (bicyclic) bond motifs is 5. The minimum absolute atomic E-state index is 0. The second kappa shape index (κ2) is 15.6. The molecule has 4 heterocycles. The molecule has 1 aliphatic carbocycles. The molecule has 0 unspecified atom stereocenters. The normalized spacial score (nSPS) is 25.4. The van der Waals surface area contributed by atoms with E-state index in [4.69, 9.17) is 14.5 Å². The number of aryl methyl sites for hydroxylation is 1. The van der Waals surface area contributed by atoms with E-state index in [-0.39, 0.29) is 43.6 Å². The summed E-state index contributed by atoms with van der Waals surface area (Å²) in [5.41, 5.74) is 0.316. The van der Waals surface area contributed by atoms with Crippen molar-refractivity contribution in [2.75, 3.05) is 13.2 Å². The first-order chi connectivity index (χ1) is 24.8.